The van der Waals surface area contributed by atoms with Crippen LogP contribution in [0.4, 0.5) is 0 Å². The van der Waals surface area contributed by atoms with Gasteiger partial charge in [0.05, 0.1) is 11.6 Å². The summed E-state index contributed by atoms with van der Waals surface area (Å²) in [5.74, 6) is -0.296. The molecule has 2 aromatic rings. The Balaban J connectivity index is 1.72. The molecule has 0 amide bonds. The zero-order valence-corrected chi connectivity index (χ0v) is 17.2. The van der Waals surface area contributed by atoms with Crippen molar-refractivity contribution in [1.82, 2.24) is 4.98 Å². The molecular weight excluding hydrogens is 342 g/mol. The third-order valence-corrected chi connectivity index (χ3v) is 5.51. The molecule has 4 heteroatoms. The zero-order valence-electron chi connectivity index (χ0n) is 16.3. The average Bonchev–Trinajstić information content (AvgIpc) is 3.01. The number of thiazole rings is 1. The molecule has 0 aliphatic rings. The van der Waals surface area contributed by atoms with Crippen molar-refractivity contribution < 1.29 is 9.53 Å². The highest BCUT2D eigenvalue weighted by Gasteiger charge is 2.16. The smallest absolute Gasteiger partial charge is 0.358 e. The van der Waals surface area contributed by atoms with E-state index >= 15 is 0 Å². The molecular formula is C22H31NO2S. The lowest BCUT2D eigenvalue weighted by Gasteiger charge is -2.05. The number of hydrogen-bond acceptors (Lipinski definition) is 4. The molecule has 0 saturated heterocycles. The summed E-state index contributed by atoms with van der Waals surface area (Å²) in [6.07, 6.45) is 9.30. The van der Waals surface area contributed by atoms with Crippen LogP contribution in [0.2, 0.25) is 0 Å². The summed E-state index contributed by atoms with van der Waals surface area (Å²) >= 11 is 1.62. The van der Waals surface area contributed by atoms with Crippen LogP contribution in [-0.2, 0) is 24.0 Å². The van der Waals surface area contributed by atoms with Gasteiger partial charge >= 0.3 is 5.97 Å². The molecule has 26 heavy (non-hydrogen) atoms. The van der Waals surface area contributed by atoms with E-state index in [1.165, 1.54) is 43.2 Å². The van der Waals surface area contributed by atoms with Gasteiger partial charge in [0.2, 0.25) is 0 Å². The normalized spacial score (nSPS) is 10.9. The third-order valence-electron chi connectivity index (χ3n) is 4.48. The predicted octanol–water partition coefficient (Wildman–Crippen LogP) is 5.93. The van der Waals surface area contributed by atoms with Crippen LogP contribution in [-0.4, -0.2) is 17.6 Å². The van der Waals surface area contributed by atoms with Crippen LogP contribution < -0.4 is 0 Å². The van der Waals surface area contributed by atoms with E-state index in [4.69, 9.17) is 4.74 Å². The van der Waals surface area contributed by atoms with Crippen molar-refractivity contribution in [2.75, 3.05) is 6.61 Å². The summed E-state index contributed by atoms with van der Waals surface area (Å²) in [7, 11) is 0. The lowest BCUT2D eigenvalue weighted by atomic mass is 10.0. The molecule has 0 spiro atoms. The van der Waals surface area contributed by atoms with Crippen molar-refractivity contribution in [2.24, 2.45) is 0 Å². The average molecular weight is 374 g/mol. The van der Waals surface area contributed by atoms with E-state index in [1.807, 2.05) is 13.8 Å². The first-order valence-corrected chi connectivity index (χ1v) is 10.7. The summed E-state index contributed by atoms with van der Waals surface area (Å²) < 4.78 is 5.05. The van der Waals surface area contributed by atoms with E-state index in [0.29, 0.717) is 12.3 Å². The molecule has 0 N–H and O–H groups in total. The van der Waals surface area contributed by atoms with Gasteiger partial charge < -0.3 is 4.74 Å². The molecule has 1 heterocycles. The Morgan fingerprint density at radius 2 is 1.73 bits per heavy atom. The number of hydrogen-bond donors (Lipinski definition) is 0. The van der Waals surface area contributed by atoms with Gasteiger partial charge in [-0.3, -0.25) is 0 Å². The molecule has 0 aliphatic heterocycles. The molecule has 0 unspecified atom stereocenters. The van der Waals surface area contributed by atoms with Crippen molar-refractivity contribution in [3.8, 4) is 0 Å². The monoisotopic (exact) mass is 373 g/mol. The Bertz CT molecular complexity index is 693. The number of esters is 1. The fourth-order valence-electron chi connectivity index (χ4n) is 3.05. The molecule has 0 bridgehead atoms. The van der Waals surface area contributed by atoms with Crippen LogP contribution in [0.15, 0.2) is 24.3 Å². The summed E-state index contributed by atoms with van der Waals surface area (Å²) in [4.78, 5) is 17.3. The zero-order chi connectivity index (χ0) is 18.8. The first-order chi connectivity index (χ1) is 12.6. The van der Waals surface area contributed by atoms with Crippen LogP contribution in [0.3, 0.4) is 0 Å². The second-order valence-electron chi connectivity index (χ2n) is 6.72. The van der Waals surface area contributed by atoms with Crippen molar-refractivity contribution >= 4 is 17.3 Å². The summed E-state index contributed by atoms with van der Waals surface area (Å²) in [6.45, 7) is 6.40. The molecule has 0 aliphatic carbocycles. The predicted molar refractivity (Wildman–Crippen MR) is 109 cm³/mol. The van der Waals surface area contributed by atoms with Gasteiger partial charge in [0, 0.05) is 4.88 Å². The highest BCUT2D eigenvalue weighted by molar-refractivity contribution is 7.11. The van der Waals surface area contributed by atoms with Gasteiger partial charge in [-0.25, -0.2) is 9.78 Å². The second kappa shape index (κ2) is 11.1. The molecule has 0 atom stereocenters. The molecule has 0 saturated carbocycles. The number of carbonyl (C=O) groups excluding carboxylic acids is 1. The van der Waals surface area contributed by atoms with Gasteiger partial charge in [-0.2, -0.15) is 0 Å². The van der Waals surface area contributed by atoms with Crippen molar-refractivity contribution in [1.29, 1.82) is 0 Å². The third kappa shape index (κ3) is 6.56. The van der Waals surface area contributed by atoms with Gasteiger partial charge in [-0.05, 0) is 63.5 Å². The number of nitrogens with zero attached hydrogens (tertiary/aromatic N) is 1. The molecule has 0 fully saturated rings. The van der Waals surface area contributed by atoms with Crippen molar-refractivity contribution in [3.63, 3.8) is 0 Å². The molecule has 142 valence electrons. The maximum absolute atomic E-state index is 11.8. The lowest BCUT2D eigenvalue weighted by molar-refractivity contribution is 0.0519. The van der Waals surface area contributed by atoms with Gasteiger partial charge in [0.25, 0.3) is 0 Å². The molecule has 2 rings (SSSR count). The van der Waals surface area contributed by atoms with Crippen LogP contribution in [0, 0.1) is 6.92 Å². The van der Waals surface area contributed by atoms with E-state index in [9.17, 15) is 4.79 Å². The first-order valence-electron chi connectivity index (χ1n) is 9.85. The number of rotatable bonds is 11. The number of ether oxygens (including phenoxy) is 1. The lowest BCUT2D eigenvalue weighted by Crippen LogP contribution is -2.06. The topological polar surface area (TPSA) is 39.2 Å². The van der Waals surface area contributed by atoms with Crippen LogP contribution in [0.1, 0.15) is 77.5 Å². The van der Waals surface area contributed by atoms with Crippen LogP contribution in [0.5, 0.6) is 0 Å². The Kier molecular flexibility index (Phi) is 8.82. The largest absolute Gasteiger partial charge is 0.461 e. The Morgan fingerprint density at radius 3 is 2.42 bits per heavy atom. The van der Waals surface area contributed by atoms with E-state index in [0.717, 1.165) is 29.1 Å². The summed E-state index contributed by atoms with van der Waals surface area (Å²) in [5, 5.41) is 1.05. The van der Waals surface area contributed by atoms with Crippen LogP contribution in [0.25, 0.3) is 0 Å². The van der Waals surface area contributed by atoms with Gasteiger partial charge in [-0.1, -0.05) is 44.0 Å². The van der Waals surface area contributed by atoms with Gasteiger partial charge in [0.1, 0.15) is 0 Å². The van der Waals surface area contributed by atoms with Crippen molar-refractivity contribution in [3.05, 3.63) is 51.0 Å². The Hall–Kier alpha value is -1.68. The highest BCUT2D eigenvalue weighted by Crippen LogP contribution is 2.21. The number of unbranched alkanes of at least 4 members (excludes halogenated alkanes) is 3. The standard InChI is InChI=1S/C22H31NO2S/c1-4-6-11-18-13-10-14-19(16-18)12-8-7-9-15-20-23-21(17(3)26-20)22(24)25-5-2/h10,13-14,16H,4-9,11-12,15H2,1-3H3. The highest BCUT2D eigenvalue weighted by atomic mass is 32.1. The minimum Gasteiger partial charge on any atom is -0.461 e. The second-order valence-corrected chi connectivity index (χ2v) is 8.00. The molecule has 1 aromatic heterocycles. The number of carbonyl (C=O) groups is 1. The molecule has 1 aromatic carbocycles. The fraction of sp³-hybridized carbons (Fsp3) is 0.545. The van der Waals surface area contributed by atoms with Gasteiger partial charge in [0.15, 0.2) is 5.69 Å². The SMILES string of the molecule is CCCCc1cccc(CCCCCc2nc(C(=O)OCC)c(C)s2)c1. The number of aromatic nitrogens is 1. The van der Waals surface area contributed by atoms with Crippen LogP contribution >= 0.6 is 11.3 Å². The first kappa shape index (κ1) is 20.6. The summed E-state index contributed by atoms with van der Waals surface area (Å²) in [5.41, 5.74) is 3.41. The maximum atomic E-state index is 11.8. The van der Waals surface area contributed by atoms with Crippen molar-refractivity contribution in [2.45, 2.75) is 72.1 Å². The minimum absolute atomic E-state index is 0.296. The molecule has 0 radical (unpaired) electrons. The van der Waals surface area contributed by atoms with E-state index in [2.05, 4.69) is 36.2 Å². The van der Waals surface area contributed by atoms with E-state index in [-0.39, 0.29) is 5.97 Å². The fourth-order valence-corrected chi connectivity index (χ4v) is 4.01. The maximum Gasteiger partial charge on any atom is 0.358 e. The summed E-state index contributed by atoms with van der Waals surface area (Å²) in [6, 6.07) is 9.04. The Morgan fingerprint density at radius 1 is 1.04 bits per heavy atom. The molecule has 3 nitrogen and oxygen atoms in total. The van der Waals surface area contributed by atoms with E-state index in [1.54, 1.807) is 11.3 Å². The minimum atomic E-state index is -0.296. The van der Waals surface area contributed by atoms with E-state index < -0.39 is 0 Å². The van der Waals surface area contributed by atoms with Gasteiger partial charge in [-0.15, -0.1) is 11.3 Å². The number of benzene rings is 1. The number of aryl methyl sites for hydroxylation is 4. The Labute approximate surface area is 161 Å². The quantitative estimate of drug-likeness (QED) is 0.362.